The highest BCUT2D eigenvalue weighted by molar-refractivity contribution is 7.46. The number of allylic oxidation sites excluding steroid dienone is 5. The van der Waals surface area contributed by atoms with Crippen LogP contribution in [0.1, 0.15) is 143 Å². The first-order valence-electron chi connectivity index (χ1n) is 18.7. The van der Waals surface area contributed by atoms with Gasteiger partial charge in [0, 0.05) is 18.8 Å². The van der Waals surface area contributed by atoms with Crippen LogP contribution in [0.25, 0.3) is 0 Å². The van der Waals surface area contributed by atoms with Gasteiger partial charge in [-0.1, -0.05) is 128 Å². The molecule has 1 unspecified atom stereocenters. The molecular formula is C38H65O10P. The molecule has 0 amide bonds. The molecule has 10 nitrogen and oxygen atoms in total. The van der Waals surface area contributed by atoms with Crippen molar-refractivity contribution in [2.45, 2.75) is 155 Å². The maximum Gasteiger partial charge on any atom is 0.469 e. The predicted octanol–water partition coefficient (Wildman–Crippen LogP) is 8.48. The van der Waals surface area contributed by atoms with Crippen LogP contribution < -0.4 is 0 Å². The third-order valence-corrected chi connectivity index (χ3v) is 9.44. The van der Waals surface area contributed by atoms with E-state index < -0.39 is 38.6 Å². The third kappa shape index (κ3) is 24.7. The van der Waals surface area contributed by atoms with E-state index >= 15 is 0 Å². The third-order valence-electron chi connectivity index (χ3n) is 8.95. The van der Waals surface area contributed by atoms with Crippen LogP contribution in [0.5, 0.6) is 0 Å². The second kappa shape index (κ2) is 27.6. The molecule has 49 heavy (non-hydrogen) atoms. The van der Waals surface area contributed by atoms with Gasteiger partial charge < -0.3 is 24.4 Å². The molecule has 11 heteroatoms. The fourth-order valence-corrected chi connectivity index (χ4v) is 5.99. The smallest absolute Gasteiger partial charge is 0.462 e. The van der Waals surface area contributed by atoms with E-state index in [4.69, 9.17) is 19.3 Å². The molecule has 1 rings (SSSR count). The van der Waals surface area contributed by atoms with Crippen molar-refractivity contribution in [3.05, 3.63) is 36.5 Å². The summed E-state index contributed by atoms with van der Waals surface area (Å²) in [5, 5.41) is 10.2. The van der Waals surface area contributed by atoms with Crippen LogP contribution in [-0.2, 0) is 32.9 Å². The quantitative estimate of drug-likeness (QED) is 0.0286. The van der Waals surface area contributed by atoms with Gasteiger partial charge in [0.2, 0.25) is 0 Å². The monoisotopic (exact) mass is 712 g/mol. The van der Waals surface area contributed by atoms with Crippen molar-refractivity contribution in [1.82, 2.24) is 0 Å². The van der Waals surface area contributed by atoms with Gasteiger partial charge >= 0.3 is 19.8 Å². The first-order valence-corrected chi connectivity index (χ1v) is 20.3. The number of rotatable bonds is 30. The topological polar surface area (TPSA) is 157 Å². The number of esters is 2. The summed E-state index contributed by atoms with van der Waals surface area (Å²) in [5.74, 6) is -0.443. The number of ketones is 1. The number of hydrogen-bond acceptors (Lipinski definition) is 8. The Kier molecular flexibility index (Phi) is 25.3. The molecule has 0 heterocycles. The summed E-state index contributed by atoms with van der Waals surface area (Å²) >= 11 is 0. The van der Waals surface area contributed by atoms with Gasteiger partial charge in [-0.3, -0.25) is 18.9 Å². The van der Waals surface area contributed by atoms with Gasteiger partial charge in [-0.05, 0) is 50.0 Å². The maximum absolute atomic E-state index is 12.4. The van der Waals surface area contributed by atoms with Crippen molar-refractivity contribution in [3.63, 3.8) is 0 Å². The van der Waals surface area contributed by atoms with E-state index in [1.807, 2.05) is 24.3 Å². The lowest BCUT2D eigenvalue weighted by Gasteiger charge is -2.18. The standard InChI is InChI=1S/C38H65O10P/c1-4-6-15-22-33(39)26-27-35-32(25-28-36(35)40)21-17-13-14-18-23-37(41)46-29-34(30-47-49(43,44)45)48-38(42)24-19-12-10-8-7-9-11-16-20-31(3)5-2/h13,17,25-28,31-35,39H,4-12,14-16,18-24,29-30H2,1-3H3,(H2,43,44,45)/b17-13-,27-26+/t31?,32-,33-,34+,35+/m0/s1. The molecule has 3 N–H and O–H groups in total. The van der Waals surface area contributed by atoms with Crippen molar-refractivity contribution >= 4 is 25.5 Å². The van der Waals surface area contributed by atoms with E-state index in [2.05, 4.69) is 25.3 Å². The van der Waals surface area contributed by atoms with E-state index in [9.17, 15) is 24.1 Å². The van der Waals surface area contributed by atoms with Gasteiger partial charge in [0.1, 0.15) is 6.61 Å². The average Bonchev–Trinajstić information content (AvgIpc) is 3.41. The molecule has 282 valence electrons. The number of ether oxygens (including phenoxy) is 2. The second-order valence-electron chi connectivity index (χ2n) is 13.5. The molecule has 0 saturated heterocycles. The lowest BCUT2D eigenvalue weighted by atomic mass is 9.90. The highest BCUT2D eigenvalue weighted by Crippen LogP contribution is 2.36. The molecule has 0 bridgehead atoms. The Morgan fingerprint density at radius 2 is 1.53 bits per heavy atom. The lowest BCUT2D eigenvalue weighted by molar-refractivity contribution is -0.161. The normalized spacial score (nSPS) is 18.4. The molecule has 5 atom stereocenters. The van der Waals surface area contributed by atoms with Crippen LogP contribution in [0.4, 0.5) is 0 Å². The van der Waals surface area contributed by atoms with Crippen LogP contribution in [0.3, 0.4) is 0 Å². The summed E-state index contributed by atoms with van der Waals surface area (Å²) < 4.78 is 26.3. The molecule has 1 aliphatic rings. The van der Waals surface area contributed by atoms with Crippen LogP contribution >= 0.6 is 7.82 Å². The fraction of sp³-hybridized carbons (Fsp3) is 0.763. The van der Waals surface area contributed by atoms with E-state index in [-0.39, 0.29) is 37.1 Å². The van der Waals surface area contributed by atoms with Crippen molar-refractivity contribution in [2.75, 3.05) is 13.2 Å². The zero-order valence-electron chi connectivity index (χ0n) is 30.3. The SMILES string of the molecule is CCCCC[C@H](O)/C=C/[C@H]1C(=O)C=C[C@@H]1C/C=C\CCCC(=O)OC[C@H](COP(=O)(O)O)OC(=O)CCCCCCCCCCC(C)CC. The van der Waals surface area contributed by atoms with Gasteiger partial charge in [0.05, 0.1) is 12.7 Å². The Hall–Kier alpha value is -2.10. The average molecular weight is 713 g/mol. The Labute approximate surface area is 295 Å². The number of aliphatic hydroxyl groups excluding tert-OH is 1. The molecule has 0 aromatic heterocycles. The van der Waals surface area contributed by atoms with Gasteiger partial charge in [-0.25, -0.2) is 4.57 Å². The molecular weight excluding hydrogens is 647 g/mol. The van der Waals surface area contributed by atoms with E-state index in [0.29, 0.717) is 32.1 Å². The Morgan fingerprint density at radius 3 is 2.20 bits per heavy atom. The molecule has 0 fully saturated rings. The maximum atomic E-state index is 12.4. The molecule has 0 saturated carbocycles. The molecule has 0 aromatic carbocycles. The summed E-state index contributed by atoms with van der Waals surface area (Å²) in [5.41, 5.74) is 0. The lowest BCUT2D eigenvalue weighted by Crippen LogP contribution is -2.29. The van der Waals surface area contributed by atoms with Gasteiger partial charge in [0.15, 0.2) is 11.9 Å². The van der Waals surface area contributed by atoms with Crippen LogP contribution in [0.2, 0.25) is 0 Å². The zero-order valence-corrected chi connectivity index (χ0v) is 31.2. The highest BCUT2D eigenvalue weighted by Gasteiger charge is 2.27. The van der Waals surface area contributed by atoms with Crippen molar-refractivity contribution in [2.24, 2.45) is 17.8 Å². The Bertz CT molecular complexity index is 1050. The zero-order chi connectivity index (χ0) is 36.3. The van der Waals surface area contributed by atoms with E-state index in [0.717, 1.165) is 44.4 Å². The first-order chi connectivity index (χ1) is 23.4. The van der Waals surface area contributed by atoms with Crippen molar-refractivity contribution in [3.8, 4) is 0 Å². The largest absolute Gasteiger partial charge is 0.469 e. The Morgan fingerprint density at radius 1 is 0.878 bits per heavy atom. The minimum absolute atomic E-state index is 0.0295. The van der Waals surface area contributed by atoms with Crippen LogP contribution in [0, 0.1) is 17.8 Å². The minimum Gasteiger partial charge on any atom is -0.462 e. The Balaban J connectivity index is 2.32. The number of carbonyl (C=O) groups is 3. The first kappa shape index (κ1) is 44.9. The van der Waals surface area contributed by atoms with Crippen LogP contribution in [0.15, 0.2) is 36.5 Å². The summed E-state index contributed by atoms with van der Waals surface area (Å²) in [7, 11) is -4.80. The predicted molar refractivity (Wildman–Crippen MR) is 192 cm³/mol. The van der Waals surface area contributed by atoms with Gasteiger partial charge in [0.25, 0.3) is 0 Å². The van der Waals surface area contributed by atoms with E-state index in [1.54, 1.807) is 12.2 Å². The number of hydrogen-bond donors (Lipinski definition) is 3. The highest BCUT2D eigenvalue weighted by atomic mass is 31.2. The number of aliphatic hydroxyl groups is 1. The number of carbonyl (C=O) groups excluding carboxylic acids is 3. The number of phosphoric acid groups is 1. The van der Waals surface area contributed by atoms with E-state index in [1.165, 1.54) is 38.5 Å². The van der Waals surface area contributed by atoms with Crippen LogP contribution in [-0.4, -0.2) is 58.0 Å². The summed E-state index contributed by atoms with van der Waals surface area (Å²) in [4.78, 5) is 55.1. The molecule has 1 aliphatic carbocycles. The number of phosphoric ester groups is 1. The van der Waals surface area contributed by atoms with Crippen molar-refractivity contribution < 1.29 is 47.8 Å². The number of unbranched alkanes of at least 4 members (excludes halogenated alkanes) is 10. The molecule has 0 spiro atoms. The van der Waals surface area contributed by atoms with Gasteiger partial charge in [-0.15, -0.1) is 0 Å². The fourth-order valence-electron chi connectivity index (χ4n) is 5.63. The molecule has 0 aliphatic heterocycles. The summed E-state index contributed by atoms with van der Waals surface area (Å²) in [6.45, 7) is 5.70. The second-order valence-corrected chi connectivity index (χ2v) is 14.7. The van der Waals surface area contributed by atoms with Crippen molar-refractivity contribution in [1.29, 1.82) is 0 Å². The summed E-state index contributed by atoms with van der Waals surface area (Å²) in [6, 6.07) is 0. The van der Waals surface area contributed by atoms with Gasteiger partial charge in [-0.2, -0.15) is 0 Å². The minimum atomic E-state index is -4.80. The molecule has 0 aromatic rings. The molecule has 0 radical (unpaired) electrons. The summed E-state index contributed by atoms with van der Waals surface area (Å²) in [6.07, 6.45) is 26.5.